The Bertz CT molecular complexity index is 5770. The molecule has 12 N–H and O–H groups in total. The summed E-state index contributed by atoms with van der Waals surface area (Å²) in [6.45, 7) is 43.3. The first-order chi connectivity index (χ1) is 64.3. The van der Waals surface area contributed by atoms with Crippen LogP contribution in [0.5, 0.6) is 0 Å². The number of nitrogens with two attached hydrogens (primary N) is 4. The van der Waals surface area contributed by atoms with Crippen molar-refractivity contribution in [3.8, 4) is 0 Å². The molecule has 5 aliphatic heterocycles. The highest BCUT2D eigenvalue weighted by atomic mass is 127. The van der Waals surface area contributed by atoms with Gasteiger partial charge in [-0.15, -0.1) is 0 Å². The van der Waals surface area contributed by atoms with E-state index in [-0.39, 0.29) is 57.8 Å². The van der Waals surface area contributed by atoms with Crippen molar-refractivity contribution < 1.29 is 69.8 Å². The number of H-pyrrole nitrogens is 1. The summed E-state index contributed by atoms with van der Waals surface area (Å²) in [5.41, 5.74) is 26.9. The van der Waals surface area contributed by atoms with Gasteiger partial charge in [0.15, 0.2) is 88.8 Å². The van der Waals surface area contributed by atoms with Crippen LogP contribution in [-0.4, -0.2) is 257 Å². The molecule has 748 valence electrons. The predicted octanol–water partition coefficient (Wildman–Crippen LogP) is 15.2. The summed E-state index contributed by atoms with van der Waals surface area (Å²) < 4.78 is 125. The van der Waals surface area contributed by atoms with Crippen molar-refractivity contribution in [1.29, 1.82) is 0 Å². The van der Waals surface area contributed by atoms with Gasteiger partial charge in [0.05, 0.1) is 101 Å². The Hall–Kier alpha value is -7.83. The quantitative estimate of drug-likeness (QED) is 0.0128. The first-order valence-corrected chi connectivity index (χ1v) is 57.1. The van der Waals surface area contributed by atoms with Gasteiger partial charge in [0.2, 0.25) is 8.32 Å². The lowest BCUT2D eigenvalue weighted by Gasteiger charge is -2.44. The van der Waals surface area contributed by atoms with Gasteiger partial charge in [-0.05, 0) is 136 Å². The number of nitrogens with zero attached hydrogens (tertiary/aromatic N) is 23. The molecule has 0 aromatic carbocycles. The number of hydrogen-bond acceptors (Lipinski definition) is 34. The SMILES string of the molecule is C1CCOC1.CC.CC[C@H]1O[C@@H](n2[nH]c(=S)c3c(N)ncnc32)[C@@H](F)[C@@H]1O[Si](C(C)C)(C(C)C)C(C)C.CC[C@H]1O[C@@H](n2nc(Sc3cncn3C)c3c(N)ncnc32)[C@@H](F)[C@@H]1O[Si](C)(C)C(C)(C)C.Cn1cncc1I.Cn1cncc1Sc1nn([C@@H]2O[C@H](CO)[C@@H](O)[C@@H]2F)c2ncnc(N)c12.Cn1cncc1Sc1nn([C@@H]2O[C@H](CO)[C@@H](O[Si](C)(C)C(C)(C)C)[C@@H]2F)c2ncnc(N)c12. The molecule has 0 unspecified atom stereocenters. The van der Waals surface area contributed by atoms with E-state index in [1.165, 1.54) is 92.2 Å². The molecule has 5 aliphatic rings. The predicted molar refractivity (Wildman–Crippen MR) is 532 cm³/mol. The highest BCUT2D eigenvalue weighted by Gasteiger charge is 2.57. The molecule has 12 aromatic heterocycles. The van der Waals surface area contributed by atoms with Crippen LogP contribution in [0.3, 0.4) is 0 Å². The fourth-order valence-electron chi connectivity index (χ4n) is 15.9. The number of nitrogen functional groups attached to an aromatic ring is 4. The van der Waals surface area contributed by atoms with Crippen LogP contribution < -0.4 is 22.9 Å². The number of anilines is 4. The van der Waals surface area contributed by atoms with Gasteiger partial charge in [-0.3, -0.25) is 5.10 Å². The molecular weight excluding hydrogens is 2000 g/mol. The largest absolute Gasteiger partial charge is 0.408 e. The van der Waals surface area contributed by atoms with E-state index in [1.807, 2.05) is 88.9 Å². The first-order valence-electron chi connectivity index (χ1n) is 45.2. The van der Waals surface area contributed by atoms with Gasteiger partial charge in [-0.2, -0.15) is 15.3 Å². The smallest absolute Gasteiger partial charge is 0.201 e. The molecule has 0 bridgehead atoms. The molecule has 12 aromatic rings. The minimum Gasteiger partial charge on any atom is -0.408 e. The summed E-state index contributed by atoms with van der Waals surface area (Å²) in [6.07, 6.45) is 6.13. The van der Waals surface area contributed by atoms with Crippen LogP contribution in [0.1, 0.15) is 161 Å². The molecule has 136 heavy (non-hydrogen) atoms. The second-order valence-corrected chi connectivity index (χ2v) is 56.6. The summed E-state index contributed by atoms with van der Waals surface area (Å²) in [4.78, 5) is 49.5. The van der Waals surface area contributed by atoms with Crippen molar-refractivity contribution >= 4 is 162 Å². The Labute approximate surface area is 822 Å². The maximum Gasteiger partial charge on any atom is 0.201 e. The summed E-state index contributed by atoms with van der Waals surface area (Å²) in [6, 6.07) is 0. The molecule has 5 fully saturated rings. The molecule has 17 heterocycles. The average Bonchev–Trinajstić information content (AvgIpc) is 1.61. The molecule has 0 amide bonds. The maximum absolute atomic E-state index is 16.0. The molecule has 0 aliphatic carbocycles. The average molecular weight is 2140 g/mol. The number of rotatable bonds is 23. The fourth-order valence-corrected chi connectivity index (χ4v) is 27.5. The van der Waals surface area contributed by atoms with Crippen LogP contribution >= 0.6 is 70.1 Å². The van der Waals surface area contributed by atoms with Crippen molar-refractivity contribution in [2.75, 3.05) is 49.4 Å². The van der Waals surface area contributed by atoms with E-state index in [0.29, 0.717) is 87.7 Å². The van der Waals surface area contributed by atoms with Crippen molar-refractivity contribution in [3.63, 3.8) is 0 Å². The minimum absolute atomic E-state index is 0.0456. The monoisotopic (exact) mass is 2130 g/mol. The minimum atomic E-state index is -2.33. The Balaban J connectivity index is 0.000000166. The van der Waals surface area contributed by atoms with Gasteiger partial charge in [0.1, 0.15) is 120 Å². The number of imidazole rings is 4. The third kappa shape index (κ3) is 23.2. The van der Waals surface area contributed by atoms with Crippen molar-refractivity contribution in [3.05, 3.63) is 83.7 Å². The molecule has 51 heteroatoms. The van der Waals surface area contributed by atoms with Crippen molar-refractivity contribution in [2.45, 2.75) is 318 Å². The zero-order valence-electron chi connectivity index (χ0n) is 81.3. The maximum atomic E-state index is 16.0. The van der Waals surface area contributed by atoms with E-state index < -0.39 is 118 Å². The number of nitrogens with one attached hydrogen (secondary N) is 1. The van der Waals surface area contributed by atoms with E-state index in [1.54, 1.807) is 48.5 Å². The Morgan fingerprint density at radius 3 is 1.12 bits per heavy atom. The number of aliphatic hydroxyl groups excluding tert-OH is 3. The Morgan fingerprint density at radius 2 is 0.809 bits per heavy atom. The number of hydrogen-bond donors (Lipinski definition) is 8. The van der Waals surface area contributed by atoms with Crippen LogP contribution in [0.15, 0.2) is 106 Å². The zero-order chi connectivity index (χ0) is 99.9. The number of ether oxygens (including phenoxy) is 5. The second-order valence-electron chi connectivity index (χ2n) is 37.2. The normalized spacial score (nSPS) is 23.7. The zero-order valence-corrected chi connectivity index (χ0v) is 89.7. The third-order valence-electron chi connectivity index (χ3n) is 25.3. The summed E-state index contributed by atoms with van der Waals surface area (Å²) >= 11 is 11.6. The summed E-state index contributed by atoms with van der Waals surface area (Å²) in [7, 11) is 0.716. The molecule has 0 spiro atoms. The van der Waals surface area contributed by atoms with E-state index in [9.17, 15) is 19.7 Å². The van der Waals surface area contributed by atoms with Crippen LogP contribution in [0.2, 0.25) is 52.9 Å². The molecular formula is C85H131F4IN28O11S4Si3. The number of aliphatic hydroxyl groups is 3. The number of aromatic nitrogens is 24. The standard InChI is InChI=1S/C21H32FN7O2SSi.C20H30FN7O3SSi.C20H34FN5O2SSi.C14H16FN7O3S.C4H5IN2.C4H8O.C2H6/c1-8-12-16(31-33(6,7)21(2,3)4)15(22)20(30-12)29-18-14(17(23)25-10-26-18)19(27-29)32-13-9-24-11-28(13)5;1-20(2,3)33(5,6)31-15-11(8-29)30-19(14(15)21)28-17-13(16(22)24-9-25-17)18(26-28)32-12-7-23-10-27(12)4;1-8-13-16(28-30(10(2)3,11(4)5)12(6)7)15(21)20(27-13)26-18-14(19(29)25-26)17(22)23-9-24-18;1-21-5-17-2-7(21)26-13-8-11(16)18-4-19-12(8)22(20-13)14-9(15)10(24)6(3-23)25-14;1-7-3-6-2-4(7)5;1-2-4-5-3-1;1-2/h9-12,15-16,20H,8H2,1-7H3,(H2,23,25,26);7,9-11,14-15,19,29H,8H2,1-6H3,(H2,22,24,25);9-13,15-16,20H,8H2,1-7H3,(H,25,29)(H2,22,23,24);2,4-6,9-10,14,23-24H,3H2,1H3,(H2,16,18,19);2-3H,1H3;1-4H2;1-2H3/t12-,15+,16-,20-;11-,14+,15-,19-;13-,15+,16-,20-;6-,9+,10-,14-;;;/m1111.../s1. The molecule has 0 radical (unpaired) electrons. The lowest BCUT2D eigenvalue weighted by molar-refractivity contribution is -0.0509. The molecule has 16 atom stereocenters. The van der Waals surface area contributed by atoms with Gasteiger partial charge in [0.25, 0.3) is 0 Å². The van der Waals surface area contributed by atoms with E-state index in [2.05, 4.69) is 194 Å². The fraction of sp³-hybridized carbons (Fsp3) is 0.624. The molecule has 5 saturated heterocycles. The van der Waals surface area contributed by atoms with Gasteiger partial charge in [-0.25, -0.2) is 96.1 Å². The molecule has 0 saturated carbocycles. The van der Waals surface area contributed by atoms with Gasteiger partial charge in [-0.1, -0.05) is 123 Å². The molecule has 17 rings (SSSR count). The van der Waals surface area contributed by atoms with Crippen LogP contribution in [0.25, 0.3) is 44.1 Å². The summed E-state index contributed by atoms with van der Waals surface area (Å²) in [5.74, 6) is 0.972. The topological polar surface area (TPSA) is 487 Å². The van der Waals surface area contributed by atoms with Crippen LogP contribution in [0.4, 0.5) is 40.8 Å². The highest BCUT2D eigenvalue weighted by molar-refractivity contribution is 14.1. The Morgan fingerprint density at radius 1 is 0.485 bits per heavy atom. The lowest BCUT2D eigenvalue weighted by Crippen LogP contribution is -2.53. The summed E-state index contributed by atoms with van der Waals surface area (Å²) in [5, 5.41) is 51.7. The van der Waals surface area contributed by atoms with Crippen molar-refractivity contribution in [2.24, 2.45) is 28.2 Å². The van der Waals surface area contributed by atoms with Gasteiger partial charge in [0, 0.05) is 41.4 Å². The van der Waals surface area contributed by atoms with E-state index in [0.717, 1.165) is 32.0 Å². The van der Waals surface area contributed by atoms with E-state index >= 15 is 13.2 Å². The number of fused-ring (bicyclic) bond motifs is 4. The Kier molecular flexibility index (Phi) is 36.6. The highest BCUT2D eigenvalue weighted by Crippen LogP contribution is 2.51. The van der Waals surface area contributed by atoms with Crippen molar-refractivity contribution in [1.82, 2.24) is 117 Å². The lowest BCUT2D eigenvalue weighted by atomic mass is 10.1. The molecule has 39 nitrogen and oxygen atoms in total. The number of aromatic amines is 1. The third-order valence-corrected chi connectivity index (χ3v) is 44.9. The van der Waals surface area contributed by atoms with E-state index in [4.69, 9.17) is 77.2 Å². The van der Waals surface area contributed by atoms with Crippen LogP contribution in [0, 0.1) is 8.34 Å². The second kappa shape index (κ2) is 45.8. The van der Waals surface area contributed by atoms with Gasteiger partial charge < -0.3 is 93.5 Å². The number of aryl methyl sites for hydroxylation is 4. The van der Waals surface area contributed by atoms with Crippen LogP contribution in [-0.2, 0) is 65.2 Å². The number of alkyl halides is 4. The van der Waals surface area contributed by atoms with Gasteiger partial charge >= 0.3 is 0 Å². The first kappa shape index (κ1) is 109. The number of halogens is 5.